The normalized spacial score (nSPS) is 17.5. The first kappa shape index (κ1) is 16.4. The predicted molar refractivity (Wildman–Crippen MR) is 91.0 cm³/mol. The molecule has 1 aliphatic rings. The number of hydrogen-bond acceptors (Lipinski definition) is 4. The molecule has 5 heteroatoms. The van der Waals surface area contributed by atoms with Crippen LogP contribution < -0.4 is 10.9 Å². The zero-order chi connectivity index (χ0) is 15.1. The monoisotopic (exact) mass is 309 g/mol. The molecule has 4 nitrogen and oxygen atoms in total. The average molecular weight is 309 g/mol. The fourth-order valence-electron chi connectivity index (χ4n) is 2.70. The lowest BCUT2D eigenvalue weighted by Gasteiger charge is -2.21. The molecule has 1 heterocycles. The Kier molecular flexibility index (Phi) is 6.61. The molecule has 0 atom stereocenters. The van der Waals surface area contributed by atoms with Gasteiger partial charge in [-0.15, -0.1) is 0 Å². The molecular formula is C16H27N3OS. The standard InChI is InChI=1S/C16H27N3OS/c1-12(2)21-11-14-10-15(20)19-16(18-14)17-13-8-6-4-3-5-7-9-13/h10,12-13H,3-9,11H2,1-2H3,(H2,17,18,19,20). The van der Waals surface area contributed by atoms with Gasteiger partial charge < -0.3 is 5.32 Å². The molecule has 1 saturated carbocycles. The molecule has 1 aromatic heterocycles. The third-order valence-corrected chi connectivity index (χ3v) is 4.93. The van der Waals surface area contributed by atoms with Crippen LogP contribution >= 0.6 is 11.8 Å². The van der Waals surface area contributed by atoms with Crippen LogP contribution in [0.1, 0.15) is 64.5 Å². The lowest BCUT2D eigenvalue weighted by atomic mass is 9.97. The van der Waals surface area contributed by atoms with Crippen LogP contribution in [0.5, 0.6) is 0 Å². The van der Waals surface area contributed by atoms with Crippen LogP contribution in [0.25, 0.3) is 0 Å². The number of anilines is 1. The number of nitrogens with one attached hydrogen (secondary N) is 2. The number of hydrogen-bond donors (Lipinski definition) is 2. The van der Waals surface area contributed by atoms with Gasteiger partial charge in [-0.2, -0.15) is 11.8 Å². The van der Waals surface area contributed by atoms with Crippen molar-refractivity contribution < 1.29 is 0 Å². The summed E-state index contributed by atoms with van der Waals surface area (Å²) in [7, 11) is 0. The first-order valence-corrected chi connectivity index (χ1v) is 9.17. The van der Waals surface area contributed by atoms with Crippen LogP contribution in [0.4, 0.5) is 5.95 Å². The van der Waals surface area contributed by atoms with Gasteiger partial charge in [-0.25, -0.2) is 4.98 Å². The van der Waals surface area contributed by atoms with Crippen LogP contribution in [-0.4, -0.2) is 21.3 Å². The Bertz CT molecular complexity index is 479. The summed E-state index contributed by atoms with van der Waals surface area (Å²) >= 11 is 1.81. The van der Waals surface area contributed by atoms with Crippen molar-refractivity contribution >= 4 is 17.7 Å². The summed E-state index contributed by atoms with van der Waals surface area (Å²) in [5.74, 6) is 1.44. The maximum Gasteiger partial charge on any atom is 0.252 e. The number of rotatable bonds is 5. The first-order chi connectivity index (χ1) is 10.1. The van der Waals surface area contributed by atoms with Gasteiger partial charge >= 0.3 is 0 Å². The topological polar surface area (TPSA) is 57.8 Å². The third kappa shape index (κ3) is 6.12. The maximum atomic E-state index is 11.8. The van der Waals surface area contributed by atoms with Gasteiger partial charge in [0.2, 0.25) is 5.95 Å². The molecule has 2 rings (SSSR count). The van der Waals surface area contributed by atoms with Gasteiger partial charge in [0.05, 0.1) is 5.69 Å². The molecule has 0 spiro atoms. The van der Waals surface area contributed by atoms with E-state index in [0.29, 0.717) is 17.2 Å². The van der Waals surface area contributed by atoms with Crippen molar-refractivity contribution in [1.82, 2.24) is 9.97 Å². The van der Waals surface area contributed by atoms with Crippen LogP contribution in [0.15, 0.2) is 10.9 Å². The largest absolute Gasteiger partial charge is 0.353 e. The minimum Gasteiger partial charge on any atom is -0.353 e. The van der Waals surface area contributed by atoms with Crippen LogP contribution in [0, 0.1) is 0 Å². The van der Waals surface area contributed by atoms with Gasteiger partial charge in [0.25, 0.3) is 5.56 Å². The molecule has 1 aromatic rings. The molecule has 1 fully saturated rings. The number of aromatic nitrogens is 2. The van der Waals surface area contributed by atoms with Gasteiger partial charge in [-0.3, -0.25) is 9.78 Å². The highest BCUT2D eigenvalue weighted by Gasteiger charge is 2.12. The molecule has 0 bridgehead atoms. The Morgan fingerprint density at radius 2 is 1.95 bits per heavy atom. The van der Waals surface area contributed by atoms with E-state index in [0.717, 1.165) is 11.4 Å². The fraction of sp³-hybridized carbons (Fsp3) is 0.750. The molecule has 0 aliphatic heterocycles. The van der Waals surface area contributed by atoms with Crippen LogP contribution in [0.2, 0.25) is 0 Å². The van der Waals surface area contributed by atoms with Crippen molar-refractivity contribution in [3.8, 4) is 0 Å². The van der Waals surface area contributed by atoms with Gasteiger partial charge in [0.1, 0.15) is 0 Å². The smallest absolute Gasteiger partial charge is 0.252 e. The highest BCUT2D eigenvalue weighted by atomic mass is 32.2. The quantitative estimate of drug-likeness (QED) is 0.865. The lowest BCUT2D eigenvalue weighted by molar-refractivity contribution is 0.469. The van der Waals surface area contributed by atoms with Crippen molar-refractivity contribution in [3.05, 3.63) is 22.1 Å². The molecule has 0 amide bonds. The van der Waals surface area contributed by atoms with E-state index in [1.165, 1.54) is 44.9 Å². The van der Waals surface area contributed by atoms with Gasteiger partial charge in [0.15, 0.2) is 0 Å². The SMILES string of the molecule is CC(C)SCc1cc(=O)[nH]c(NC2CCCCCCC2)n1. The minimum absolute atomic E-state index is 0.0577. The van der Waals surface area contributed by atoms with Gasteiger partial charge in [-0.05, 0) is 18.1 Å². The zero-order valence-electron chi connectivity index (χ0n) is 13.2. The van der Waals surface area contributed by atoms with Gasteiger partial charge in [0, 0.05) is 17.9 Å². The van der Waals surface area contributed by atoms with E-state index < -0.39 is 0 Å². The summed E-state index contributed by atoms with van der Waals surface area (Å²) in [6, 6.07) is 2.06. The van der Waals surface area contributed by atoms with Crippen molar-refractivity contribution in [1.29, 1.82) is 0 Å². The Labute approximate surface area is 131 Å². The van der Waals surface area contributed by atoms with E-state index >= 15 is 0 Å². The van der Waals surface area contributed by atoms with Crippen molar-refractivity contribution in [2.45, 2.75) is 75.8 Å². The summed E-state index contributed by atoms with van der Waals surface area (Å²) in [5, 5.41) is 3.99. The lowest BCUT2D eigenvalue weighted by Crippen LogP contribution is -2.24. The van der Waals surface area contributed by atoms with Crippen molar-refractivity contribution in [2.24, 2.45) is 0 Å². The average Bonchev–Trinajstić information content (AvgIpc) is 2.39. The van der Waals surface area contributed by atoms with E-state index in [1.54, 1.807) is 6.07 Å². The summed E-state index contributed by atoms with van der Waals surface area (Å²) in [5.41, 5.74) is 0.809. The number of thioether (sulfide) groups is 1. The van der Waals surface area contributed by atoms with E-state index in [1.807, 2.05) is 11.8 Å². The van der Waals surface area contributed by atoms with E-state index in [-0.39, 0.29) is 5.56 Å². The molecule has 1 aliphatic carbocycles. The number of H-pyrrole nitrogens is 1. The predicted octanol–water partition coefficient (Wildman–Crippen LogP) is 3.94. The fourth-order valence-corrected chi connectivity index (χ4v) is 3.35. The second-order valence-electron chi connectivity index (χ2n) is 6.13. The van der Waals surface area contributed by atoms with E-state index in [9.17, 15) is 4.79 Å². The Balaban J connectivity index is 1.99. The molecule has 21 heavy (non-hydrogen) atoms. The van der Waals surface area contributed by atoms with E-state index in [4.69, 9.17) is 0 Å². The highest BCUT2D eigenvalue weighted by molar-refractivity contribution is 7.99. The number of nitrogens with zero attached hydrogens (tertiary/aromatic N) is 1. The number of aromatic amines is 1. The summed E-state index contributed by atoms with van der Waals surface area (Å²) in [4.78, 5) is 19.2. The third-order valence-electron chi connectivity index (χ3n) is 3.81. The second-order valence-corrected chi connectivity index (χ2v) is 7.70. The van der Waals surface area contributed by atoms with Crippen LogP contribution in [0.3, 0.4) is 0 Å². The summed E-state index contributed by atoms with van der Waals surface area (Å²) in [6.45, 7) is 4.32. The van der Waals surface area contributed by atoms with Crippen molar-refractivity contribution in [3.63, 3.8) is 0 Å². The first-order valence-electron chi connectivity index (χ1n) is 8.12. The second kappa shape index (κ2) is 8.47. The molecular weight excluding hydrogens is 282 g/mol. The highest BCUT2D eigenvalue weighted by Crippen LogP contribution is 2.20. The summed E-state index contributed by atoms with van der Waals surface area (Å²) in [6.07, 6.45) is 8.91. The molecule has 0 radical (unpaired) electrons. The Morgan fingerprint density at radius 3 is 2.62 bits per heavy atom. The molecule has 2 N–H and O–H groups in total. The molecule has 118 valence electrons. The summed E-state index contributed by atoms with van der Waals surface area (Å²) < 4.78 is 0. The minimum atomic E-state index is -0.0577. The Morgan fingerprint density at radius 1 is 1.29 bits per heavy atom. The Hall–Kier alpha value is -0.970. The molecule has 0 unspecified atom stereocenters. The van der Waals surface area contributed by atoms with Crippen molar-refractivity contribution in [2.75, 3.05) is 5.32 Å². The van der Waals surface area contributed by atoms with Gasteiger partial charge in [-0.1, -0.05) is 46.0 Å². The van der Waals surface area contributed by atoms with E-state index in [2.05, 4.69) is 29.1 Å². The maximum absolute atomic E-state index is 11.8. The molecule has 0 aromatic carbocycles. The zero-order valence-corrected chi connectivity index (χ0v) is 14.0. The molecule has 0 saturated heterocycles. The van der Waals surface area contributed by atoms with Crippen LogP contribution in [-0.2, 0) is 5.75 Å².